The minimum Gasteiger partial charge on any atom is -1.00 e. The quantitative estimate of drug-likeness (QED) is 0.0891. The largest absolute Gasteiger partial charge is 1.00 e. The van der Waals surface area contributed by atoms with E-state index in [1.807, 2.05) is 23.5 Å². The number of fused-ring (bicyclic) bond motifs is 7. The number of piperazine rings is 3. The molecule has 6 nitrogen and oxygen atoms in total. The van der Waals surface area contributed by atoms with Crippen LogP contribution in [0.5, 0.6) is 0 Å². The number of aromatic nitrogens is 2. The van der Waals surface area contributed by atoms with Gasteiger partial charge in [0.05, 0.1) is 58.1 Å². The first-order chi connectivity index (χ1) is 28.3. The number of nitrogens with zero attached hydrogens (tertiary/aromatic N) is 6. The molecule has 4 aromatic carbocycles. The summed E-state index contributed by atoms with van der Waals surface area (Å²) in [5.41, 5.74) is 7.82. The van der Waals surface area contributed by atoms with Crippen LogP contribution in [0.1, 0.15) is 49.9 Å². The zero-order valence-corrected chi connectivity index (χ0v) is 46.2. The molecule has 5 aliphatic rings. The fraction of sp³-hybridized carbons (Fsp3) is 0.320. The standard InChI is InChI=1S/C50H56N6S2.4HI/c1-37(53-25-21-39(41-13-5-7-15-43(41)53)35-49-51(3)45-17-9-11-19-47(45)57-49)23-27-55-29-32-56(33-30-55,34-31-55)28-24-38(2)54-26-22-40(42-14-6-8-16-44(42)54)36-50-52(4)46-18-10-12-20-48(46)58-50;;;;/h5-22,25-26,35-38H,23-24,27-34H2,1-4H3;4*1H/q+4;;;;/p-4. The van der Waals surface area contributed by atoms with Crippen LogP contribution in [0.25, 0.3) is 34.0 Å². The third kappa shape index (κ3) is 9.59. The summed E-state index contributed by atoms with van der Waals surface area (Å²) in [6.45, 7) is 15.3. The van der Waals surface area contributed by atoms with Gasteiger partial charge in [-0.3, -0.25) is 0 Å². The van der Waals surface area contributed by atoms with Gasteiger partial charge in [0.15, 0.2) is 24.5 Å². The van der Waals surface area contributed by atoms with Crippen LogP contribution in [0, 0.1) is 0 Å². The Balaban J connectivity index is 0.00000160. The number of pyridine rings is 2. The molecule has 62 heavy (non-hydrogen) atoms. The van der Waals surface area contributed by atoms with Crippen molar-refractivity contribution in [3.8, 4) is 0 Å². The molecule has 0 aliphatic carbocycles. The molecule has 3 saturated heterocycles. The average molecular weight is 1310 g/mol. The van der Waals surface area contributed by atoms with Crippen molar-refractivity contribution in [3.05, 3.63) is 143 Å². The summed E-state index contributed by atoms with van der Waals surface area (Å²) in [6.07, 6.45) is 11.9. The van der Waals surface area contributed by atoms with Gasteiger partial charge in [0.25, 0.3) is 0 Å². The Bertz CT molecular complexity index is 2420. The number of hydrogen-bond acceptors (Lipinski definition) is 4. The molecule has 12 heteroatoms. The first kappa shape index (κ1) is 49.7. The molecule has 2 atom stereocenters. The maximum absolute atomic E-state index is 2.54. The maximum Gasteiger partial charge on any atom is 0.213 e. The summed E-state index contributed by atoms with van der Waals surface area (Å²) in [6, 6.07) is 41.0. The zero-order chi connectivity index (χ0) is 39.4. The lowest BCUT2D eigenvalue weighted by molar-refractivity contribution is -1.08. The summed E-state index contributed by atoms with van der Waals surface area (Å²) < 4.78 is 7.70. The van der Waals surface area contributed by atoms with Crippen molar-refractivity contribution in [1.29, 1.82) is 0 Å². The van der Waals surface area contributed by atoms with Crippen LogP contribution in [-0.4, -0.2) is 75.4 Å². The van der Waals surface area contributed by atoms with Crippen molar-refractivity contribution in [2.75, 3.05) is 76.3 Å². The highest BCUT2D eigenvalue weighted by Crippen LogP contribution is 2.47. The van der Waals surface area contributed by atoms with Gasteiger partial charge in [0, 0.05) is 48.2 Å². The lowest BCUT2D eigenvalue weighted by atomic mass is 10.0. The van der Waals surface area contributed by atoms with Crippen LogP contribution >= 0.6 is 23.5 Å². The molecule has 2 aromatic heterocycles. The number of rotatable bonds is 10. The summed E-state index contributed by atoms with van der Waals surface area (Å²) >= 11 is 3.73. The predicted octanol–water partition coefficient (Wildman–Crippen LogP) is -2.07. The Morgan fingerprint density at radius 3 is 1.26 bits per heavy atom. The molecule has 11 rings (SSSR count). The van der Waals surface area contributed by atoms with E-state index in [9.17, 15) is 0 Å². The fourth-order valence-corrected chi connectivity index (χ4v) is 12.3. The smallest absolute Gasteiger partial charge is 0.213 e. The number of anilines is 2. The number of benzene rings is 4. The molecule has 0 saturated carbocycles. The molecule has 0 spiro atoms. The van der Waals surface area contributed by atoms with Gasteiger partial charge in [0.1, 0.15) is 39.3 Å². The third-order valence-corrected chi connectivity index (χ3v) is 16.4. The number of para-hydroxylation sites is 4. The van der Waals surface area contributed by atoms with Gasteiger partial charge in [0.2, 0.25) is 11.0 Å². The normalized spacial score (nSPS) is 22.1. The van der Waals surface area contributed by atoms with Crippen molar-refractivity contribution in [2.45, 2.75) is 48.6 Å². The van der Waals surface area contributed by atoms with Crippen LogP contribution in [0.2, 0.25) is 0 Å². The van der Waals surface area contributed by atoms with Gasteiger partial charge in [-0.15, -0.1) is 0 Å². The second-order valence-corrected chi connectivity index (χ2v) is 19.5. The summed E-state index contributed by atoms with van der Waals surface area (Å²) in [5.74, 6) is 0. The zero-order valence-electron chi connectivity index (χ0n) is 35.9. The average Bonchev–Trinajstić information content (AvgIpc) is 3.76. The lowest BCUT2D eigenvalue weighted by Gasteiger charge is -2.55. The fourth-order valence-electron chi connectivity index (χ4n) is 10.1. The topological polar surface area (TPSA) is 14.2 Å². The minimum absolute atomic E-state index is 0. The molecule has 2 unspecified atom stereocenters. The molecule has 0 radical (unpaired) electrons. The van der Waals surface area contributed by atoms with Gasteiger partial charge < -0.3 is 115 Å². The van der Waals surface area contributed by atoms with Crippen LogP contribution in [0.15, 0.2) is 141 Å². The summed E-state index contributed by atoms with van der Waals surface area (Å²) in [5, 5.41) is 5.21. The third-order valence-electron chi connectivity index (χ3n) is 14.1. The van der Waals surface area contributed by atoms with E-state index in [-0.39, 0.29) is 95.9 Å². The first-order valence-corrected chi connectivity index (χ1v) is 22.9. The highest BCUT2D eigenvalue weighted by molar-refractivity contribution is 8.04. The van der Waals surface area contributed by atoms with E-state index < -0.39 is 0 Å². The lowest BCUT2D eigenvalue weighted by Crippen LogP contribution is -3.00. The highest BCUT2D eigenvalue weighted by atomic mass is 127. The molecular weight excluding hydrogens is 1260 g/mol. The van der Waals surface area contributed by atoms with Gasteiger partial charge in [-0.1, -0.05) is 72.1 Å². The SMILES string of the molecule is CC(CC[N+]12CC[N+](CCC(C)[n+]3ccc(C=C4Sc5ccccc5N4C)c4ccccc43)(CC1)CC2)[n+]1ccc(C=C2Sc3ccccc3N2C)c2ccccc21.[I-].[I-].[I-].[I-]. The molecular formula is C50H56I4N6S2. The van der Waals surface area contributed by atoms with Crippen molar-refractivity contribution in [2.24, 2.45) is 0 Å². The molecule has 0 amide bonds. The molecule has 0 N–H and O–H groups in total. The second-order valence-electron chi connectivity index (χ2n) is 17.4. The Kier molecular flexibility index (Phi) is 16.7. The molecule has 5 aliphatic heterocycles. The van der Waals surface area contributed by atoms with Gasteiger partial charge in [-0.2, -0.15) is 9.13 Å². The van der Waals surface area contributed by atoms with Gasteiger partial charge in [-0.25, -0.2) is 0 Å². The van der Waals surface area contributed by atoms with Crippen molar-refractivity contribution >= 4 is 68.9 Å². The molecule has 2 bridgehead atoms. The minimum atomic E-state index is 0. The van der Waals surface area contributed by atoms with E-state index in [2.05, 4.69) is 181 Å². The number of quaternary nitrogens is 2. The van der Waals surface area contributed by atoms with Crippen LogP contribution in [-0.2, 0) is 0 Å². The Morgan fingerprint density at radius 1 is 0.516 bits per heavy atom. The Labute approximate surface area is 445 Å². The van der Waals surface area contributed by atoms with E-state index >= 15 is 0 Å². The van der Waals surface area contributed by atoms with E-state index in [1.54, 1.807) is 0 Å². The van der Waals surface area contributed by atoms with Crippen LogP contribution in [0.3, 0.4) is 0 Å². The number of halogens is 4. The van der Waals surface area contributed by atoms with E-state index in [0.717, 1.165) is 0 Å². The number of hydrogen-bond donors (Lipinski definition) is 0. The predicted molar refractivity (Wildman–Crippen MR) is 244 cm³/mol. The van der Waals surface area contributed by atoms with Crippen LogP contribution < -0.4 is 115 Å². The van der Waals surface area contributed by atoms with Crippen molar-refractivity contribution < 1.29 is 114 Å². The molecule has 3 fully saturated rings. The maximum atomic E-state index is 2.54. The van der Waals surface area contributed by atoms with E-state index in [0.29, 0.717) is 12.1 Å². The molecule has 6 aromatic rings. The van der Waals surface area contributed by atoms with E-state index in [4.69, 9.17) is 0 Å². The van der Waals surface area contributed by atoms with Crippen molar-refractivity contribution in [3.63, 3.8) is 0 Å². The van der Waals surface area contributed by atoms with Crippen molar-refractivity contribution in [1.82, 2.24) is 0 Å². The monoisotopic (exact) mass is 1310 g/mol. The van der Waals surface area contributed by atoms with Gasteiger partial charge >= 0.3 is 0 Å². The van der Waals surface area contributed by atoms with Crippen LogP contribution in [0.4, 0.5) is 11.4 Å². The summed E-state index contributed by atoms with van der Waals surface area (Å²) in [4.78, 5) is 7.31. The highest BCUT2D eigenvalue weighted by Gasteiger charge is 2.49. The molecule has 7 heterocycles. The first-order valence-electron chi connectivity index (χ1n) is 21.3. The summed E-state index contributed by atoms with van der Waals surface area (Å²) in [7, 11) is 4.37. The van der Waals surface area contributed by atoms with E-state index in [1.165, 1.54) is 138 Å². The Morgan fingerprint density at radius 2 is 0.871 bits per heavy atom. The Hall–Kier alpha value is -1.68. The molecule has 326 valence electrons. The number of thioether (sulfide) groups is 2. The second kappa shape index (κ2) is 20.9. The van der Waals surface area contributed by atoms with Gasteiger partial charge in [-0.05, 0) is 73.5 Å².